The van der Waals surface area contributed by atoms with E-state index in [-0.39, 0.29) is 5.69 Å². The Bertz CT molecular complexity index is 913. The number of piperazine rings is 1. The quantitative estimate of drug-likeness (QED) is 0.523. The number of nitrogens with zero attached hydrogens (tertiary/aromatic N) is 2. The van der Waals surface area contributed by atoms with E-state index in [9.17, 15) is 14.0 Å². The van der Waals surface area contributed by atoms with Crippen LogP contribution >= 0.6 is 0 Å². The molecular formula is C23H29FN4O3. The van der Waals surface area contributed by atoms with Crippen LogP contribution in [0, 0.1) is 12.7 Å². The minimum absolute atomic E-state index is 0.260. The minimum Gasteiger partial charge on any atom is -0.495 e. The summed E-state index contributed by atoms with van der Waals surface area (Å²) in [6.07, 6.45) is 0.743. The second-order valence-electron chi connectivity index (χ2n) is 7.53. The number of benzene rings is 2. The van der Waals surface area contributed by atoms with Gasteiger partial charge in [-0.15, -0.1) is 0 Å². The largest absolute Gasteiger partial charge is 0.495 e. The standard InChI is InChI=1S/C23H29FN4O3/c1-17-8-9-18(16-19(17)24)26-23(30)22(29)25-10-5-11-27-12-14-28(15-13-27)20-6-3-4-7-21(20)31-2/h3-4,6-9,16H,5,10-15H2,1-2H3,(H,25,29)(H,26,30). The van der Waals surface area contributed by atoms with Crippen LogP contribution in [-0.2, 0) is 9.59 Å². The predicted molar refractivity (Wildman–Crippen MR) is 119 cm³/mol. The van der Waals surface area contributed by atoms with Gasteiger partial charge in [0.15, 0.2) is 0 Å². The molecule has 0 bridgehead atoms. The average Bonchev–Trinajstić information content (AvgIpc) is 2.79. The van der Waals surface area contributed by atoms with E-state index in [1.54, 1.807) is 26.2 Å². The fraction of sp³-hybridized carbons (Fsp3) is 0.391. The van der Waals surface area contributed by atoms with E-state index in [1.807, 2.05) is 18.2 Å². The lowest BCUT2D eigenvalue weighted by Gasteiger charge is -2.36. The van der Waals surface area contributed by atoms with Crippen LogP contribution in [0.4, 0.5) is 15.8 Å². The number of methoxy groups -OCH3 is 1. The summed E-state index contributed by atoms with van der Waals surface area (Å²) in [6.45, 7) is 6.53. The Kier molecular flexibility index (Phi) is 7.83. The van der Waals surface area contributed by atoms with E-state index >= 15 is 0 Å². The fourth-order valence-electron chi connectivity index (χ4n) is 3.55. The summed E-state index contributed by atoms with van der Waals surface area (Å²) in [6, 6.07) is 12.3. The van der Waals surface area contributed by atoms with Crippen molar-refractivity contribution in [2.75, 3.05) is 56.6 Å². The number of amides is 2. The third-order valence-corrected chi connectivity index (χ3v) is 5.37. The predicted octanol–water partition coefficient (Wildman–Crippen LogP) is 2.41. The van der Waals surface area contributed by atoms with Crippen molar-refractivity contribution in [1.82, 2.24) is 10.2 Å². The van der Waals surface area contributed by atoms with Gasteiger partial charge in [-0.1, -0.05) is 18.2 Å². The Morgan fingerprint density at radius 1 is 1.06 bits per heavy atom. The van der Waals surface area contributed by atoms with Crippen LogP contribution in [0.15, 0.2) is 42.5 Å². The number of carbonyl (C=O) groups is 2. The SMILES string of the molecule is COc1ccccc1N1CCN(CCCNC(=O)C(=O)Nc2ccc(C)c(F)c2)CC1. The van der Waals surface area contributed by atoms with Gasteiger partial charge in [0.2, 0.25) is 0 Å². The van der Waals surface area contributed by atoms with E-state index < -0.39 is 17.6 Å². The molecule has 2 N–H and O–H groups in total. The van der Waals surface area contributed by atoms with E-state index in [2.05, 4.69) is 26.5 Å². The van der Waals surface area contributed by atoms with Crippen molar-refractivity contribution in [2.45, 2.75) is 13.3 Å². The summed E-state index contributed by atoms with van der Waals surface area (Å²) in [7, 11) is 1.68. The Morgan fingerprint density at radius 2 is 1.81 bits per heavy atom. The topological polar surface area (TPSA) is 73.9 Å². The highest BCUT2D eigenvalue weighted by atomic mass is 19.1. The zero-order chi connectivity index (χ0) is 22.2. The van der Waals surface area contributed by atoms with Crippen molar-refractivity contribution in [2.24, 2.45) is 0 Å². The minimum atomic E-state index is -0.798. The number of carbonyl (C=O) groups excluding carboxylic acids is 2. The van der Waals surface area contributed by atoms with Crippen molar-refractivity contribution in [3.8, 4) is 5.75 Å². The Labute approximate surface area is 182 Å². The molecule has 3 rings (SSSR count). The first-order chi connectivity index (χ1) is 15.0. The van der Waals surface area contributed by atoms with Gasteiger partial charge in [0.1, 0.15) is 11.6 Å². The molecule has 1 aliphatic heterocycles. The number of halogens is 1. The van der Waals surface area contributed by atoms with Crippen molar-refractivity contribution in [1.29, 1.82) is 0 Å². The molecular weight excluding hydrogens is 399 g/mol. The monoisotopic (exact) mass is 428 g/mol. The lowest BCUT2D eigenvalue weighted by molar-refractivity contribution is -0.136. The van der Waals surface area contributed by atoms with E-state index in [4.69, 9.17) is 4.74 Å². The summed E-state index contributed by atoms with van der Waals surface area (Å²) < 4.78 is 19.0. The van der Waals surface area contributed by atoms with Gasteiger partial charge in [-0.05, 0) is 49.7 Å². The second-order valence-corrected chi connectivity index (χ2v) is 7.53. The van der Waals surface area contributed by atoms with Gasteiger partial charge < -0.3 is 20.3 Å². The maximum atomic E-state index is 13.5. The summed E-state index contributed by atoms with van der Waals surface area (Å²) in [5.74, 6) is -1.06. The molecule has 0 aliphatic carbocycles. The zero-order valence-corrected chi connectivity index (χ0v) is 18.0. The highest BCUT2D eigenvalue weighted by Gasteiger charge is 2.19. The second kappa shape index (κ2) is 10.8. The van der Waals surface area contributed by atoms with Crippen molar-refractivity contribution in [3.05, 3.63) is 53.8 Å². The highest BCUT2D eigenvalue weighted by Crippen LogP contribution is 2.28. The first-order valence-electron chi connectivity index (χ1n) is 10.4. The van der Waals surface area contributed by atoms with Crippen LogP contribution in [0.25, 0.3) is 0 Å². The molecule has 1 heterocycles. The molecule has 1 fully saturated rings. The summed E-state index contributed by atoms with van der Waals surface area (Å²) in [5, 5.41) is 5.03. The van der Waals surface area contributed by atoms with Gasteiger partial charge in [0, 0.05) is 38.4 Å². The van der Waals surface area contributed by atoms with Gasteiger partial charge in [0.25, 0.3) is 0 Å². The molecule has 2 aromatic rings. The normalized spacial score (nSPS) is 14.2. The van der Waals surface area contributed by atoms with E-state index in [0.717, 1.165) is 50.6 Å². The first-order valence-corrected chi connectivity index (χ1v) is 10.4. The molecule has 31 heavy (non-hydrogen) atoms. The molecule has 0 saturated carbocycles. The highest BCUT2D eigenvalue weighted by molar-refractivity contribution is 6.39. The third kappa shape index (κ3) is 6.18. The molecule has 0 spiro atoms. The summed E-state index contributed by atoms with van der Waals surface area (Å²) in [4.78, 5) is 28.6. The number of para-hydroxylation sites is 2. The molecule has 0 atom stereocenters. The number of ether oxygens (including phenoxy) is 1. The van der Waals surface area contributed by atoms with Crippen molar-refractivity contribution in [3.63, 3.8) is 0 Å². The van der Waals surface area contributed by atoms with Gasteiger partial charge in [0.05, 0.1) is 12.8 Å². The number of anilines is 2. The Morgan fingerprint density at radius 3 is 2.52 bits per heavy atom. The van der Waals surface area contributed by atoms with Crippen LogP contribution in [-0.4, -0.2) is 63.1 Å². The molecule has 0 aromatic heterocycles. The molecule has 0 radical (unpaired) electrons. The molecule has 1 aliphatic rings. The maximum Gasteiger partial charge on any atom is 0.313 e. The molecule has 1 saturated heterocycles. The van der Waals surface area contributed by atoms with Gasteiger partial charge in [-0.3, -0.25) is 14.5 Å². The lowest BCUT2D eigenvalue weighted by Crippen LogP contribution is -2.47. The number of hydrogen-bond donors (Lipinski definition) is 2. The van der Waals surface area contributed by atoms with E-state index in [1.165, 1.54) is 6.07 Å². The molecule has 166 valence electrons. The number of rotatable bonds is 7. The Hall–Kier alpha value is -3.13. The molecule has 8 heteroatoms. The Balaban J connectivity index is 1.35. The zero-order valence-electron chi connectivity index (χ0n) is 18.0. The number of nitrogens with one attached hydrogen (secondary N) is 2. The number of aryl methyl sites for hydroxylation is 1. The van der Waals surface area contributed by atoms with Gasteiger partial charge in [-0.25, -0.2) is 4.39 Å². The van der Waals surface area contributed by atoms with E-state index in [0.29, 0.717) is 12.1 Å². The molecule has 0 unspecified atom stereocenters. The smallest absolute Gasteiger partial charge is 0.313 e. The first kappa shape index (κ1) is 22.6. The van der Waals surface area contributed by atoms with Crippen molar-refractivity contribution < 1.29 is 18.7 Å². The van der Waals surface area contributed by atoms with Crippen LogP contribution < -0.4 is 20.3 Å². The van der Waals surface area contributed by atoms with Crippen LogP contribution in [0.3, 0.4) is 0 Å². The van der Waals surface area contributed by atoms with Crippen LogP contribution in [0.1, 0.15) is 12.0 Å². The van der Waals surface area contributed by atoms with Gasteiger partial charge >= 0.3 is 11.8 Å². The maximum absolute atomic E-state index is 13.5. The summed E-state index contributed by atoms with van der Waals surface area (Å²) >= 11 is 0. The molecule has 7 nitrogen and oxygen atoms in total. The fourth-order valence-corrected chi connectivity index (χ4v) is 3.55. The summed E-state index contributed by atoms with van der Waals surface area (Å²) in [5.41, 5.74) is 1.85. The number of hydrogen-bond acceptors (Lipinski definition) is 5. The average molecular weight is 429 g/mol. The third-order valence-electron chi connectivity index (χ3n) is 5.37. The molecule has 2 amide bonds. The van der Waals surface area contributed by atoms with Crippen LogP contribution in [0.5, 0.6) is 5.75 Å². The van der Waals surface area contributed by atoms with Crippen LogP contribution in [0.2, 0.25) is 0 Å². The van der Waals surface area contributed by atoms with Crippen molar-refractivity contribution >= 4 is 23.2 Å². The lowest BCUT2D eigenvalue weighted by atomic mass is 10.2. The molecule has 2 aromatic carbocycles. The van der Waals surface area contributed by atoms with Gasteiger partial charge in [-0.2, -0.15) is 0 Å².